The van der Waals surface area contributed by atoms with Crippen LogP contribution in [0, 0.1) is 11.8 Å². The second kappa shape index (κ2) is 13.7. The summed E-state index contributed by atoms with van der Waals surface area (Å²) in [5, 5.41) is 15.4. The second-order valence-electron chi connectivity index (χ2n) is 12.4. The number of rotatable bonds is 15. The van der Waals surface area contributed by atoms with Crippen LogP contribution < -0.4 is 15.5 Å². The molecule has 0 aromatic heterocycles. The van der Waals surface area contributed by atoms with Gasteiger partial charge in [-0.1, -0.05) is 50.1 Å². The summed E-state index contributed by atoms with van der Waals surface area (Å²) in [4.78, 5) is 46.4. The minimum absolute atomic E-state index is 0.138. The molecular formula is C35H48N4O5. The number of amides is 3. The first kappa shape index (κ1) is 32.0. The van der Waals surface area contributed by atoms with Crippen molar-refractivity contribution in [2.24, 2.45) is 11.8 Å². The van der Waals surface area contributed by atoms with Crippen molar-refractivity contribution in [2.45, 2.75) is 89.5 Å². The zero-order valence-electron chi connectivity index (χ0n) is 26.4. The summed E-state index contributed by atoms with van der Waals surface area (Å²) < 4.78 is 6.88. The van der Waals surface area contributed by atoms with Crippen molar-refractivity contribution < 1.29 is 24.2 Å². The molecule has 0 saturated carbocycles. The van der Waals surface area contributed by atoms with Gasteiger partial charge in [0.1, 0.15) is 11.6 Å². The molecule has 2 bridgehead atoms. The largest absolute Gasteiger partial charge is 0.396 e. The molecule has 9 nitrogen and oxygen atoms in total. The van der Waals surface area contributed by atoms with E-state index >= 15 is 0 Å². The van der Waals surface area contributed by atoms with E-state index in [4.69, 9.17) is 4.74 Å². The molecular weight excluding hydrogens is 556 g/mol. The van der Waals surface area contributed by atoms with Gasteiger partial charge in [0.15, 0.2) is 0 Å². The molecule has 3 fully saturated rings. The Morgan fingerprint density at radius 1 is 0.955 bits per heavy atom. The van der Waals surface area contributed by atoms with E-state index in [1.54, 1.807) is 4.90 Å². The van der Waals surface area contributed by atoms with Gasteiger partial charge in [-0.05, 0) is 75.8 Å². The Bertz CT molecular complexity index is 1300. The first-order valence-corrected chi connectivity index (χ1v) is 16.4. The maximum absolute atomic E-state index is 14.3. The van der Waals surface area contributed by atoms with Crippen LogP contribution in [0.1, 0.15) is 71.3 Å². The number of unbranched alkanes of at least 4 members (excludes halogenated alkanes) is 3. The van der Waals surface area contributed by atoms with Gasteiger partial charge in [0.25, 0.3) is 0 Å². The molecule has 44 heavy (non-hydrogen) atoms. The van der Waals surface area contributed by atoms with E-state index in [0.717, 1.165) is 37.2 Å². The van der Waals surface area contributed by atoms with Gasteiger partial charge >= 0.3 is 0 Å². The van der Waals surface area contributed by atoms with Gasteiger partial charge in [-0.15, -0.1) is 0 Å². The average molecular weight is 605 g/mol. The molecule has 2 unspecified atom stereocenters. The highest BCUT2D eigenvalue weighted by molar-refractivity contribution is 6.03. The zero-order chi connectivity index (χ0) is 31.3. The third kappa shape index (κ3) is 5.84. The number of hydrogen-bond acceptors (Lipinski definition) is 6. The second-order valence-corrected chi connectivity index (χ2v) is 12.4. The van der Waals surface area contributed by atoms with Crippen LogP contribution in [0.4, 0.5) is 11.4 Å². The van der Waals surface area contributed by atoms with Crippen LogP contribution in [0.25, 0.3) is 0 Å². The van der Waals surface area contributed by atoms with Crippen LogP contribution in [0.15, 0.2) is 54.6 Å². The molecule has 5 rings (SSSR count). The fourth-order valence-corrected chi connectivity index (χ4v) is 7.85. The Labute approximate surface area is 261 Å². The topological polar surface area (TPSA) is 111 Å². The molecule has 0 radical (unpaired) electrons. The lowest BCUT2D eigenvalue weighted by atomic mass is 9.65. The molecule has 238 valence electrons. The Morgan fingerprint density at radius 2 is 1.66 bits per heavy atom. The Morgan fingerprint density at radius 3 is 2.32 bits per heavy atom. The van der Waals surface area contributed by atoms with Crippen molar-refractivity contribution >= 4 is 29.1 Å². The van der Waals surface area contributed by atoms with Crippen molar-refractivity contribution in [2.75, 3.05) is 36.5 Å². The van der Waals surface area contributed by atoms with Crippen LogP contribution >= 0.6 is 0 Å². The van der Waals surface area contributed by atoms with Gasteiger partial charge in [-0.3, -0.25) is 14.4 Å². The van der Waals surface area contributed by atoms with Crippen molar-refractivity contribution in [3.63, 3.8) is 0 Å². The predicted molar refractivity (Wildman–Crippen MR) is 171 cm³/mol. The highest BCUT2D eigenvalue weighted by Gasteiger charge is 2.78. The molecule has 2 aromatic carbocycles. The van der Waals surface area contributed by atoms with E-state index in [-0.39, 0.29) is 24.3 Å². The SMILES string of the molecule is CCN(CC)c1ccc(NC(=O)C2N(CCCCCCO)C(=O)[C@@H]3[C@@H](C(=O)NCc4ccccc4)[C@@]4(CC)CCC23O4)cc1. The number of nitrogens with one attached hydrogen (secondary N) is 2. The number of aliphatic hydroxyl groups excluding tert-OH is 1. The number of benzene rings is 2. The van der Waals surface area contributed by atoms with Gasteiger partial charge in [0.2, 0.25) is 17.7 Å². The maximum atomic E-state index is 14.3. The smallest absolute Gasteiger partial charge is 0.250 e. The standard InChI is InChI=1S/C35H48N4O5/c1-4-34-20-21-35(44-34)29(28(34)31(41)36-24-25-14-10-9-11-15-25)33(43)39(22-12-7-8-13-23-40)30(35)32(42)37-26-16-18-27(19-17-26)38(5-2)6-3/h9-11,14-19,28-30,40H,4-8,12-13,20-24H2,1-3H3,(H,36,41)(H,37,42)/t28-,29-,30?,34+,35?/m0/s1. The van der Waals surface area contributed by atoms with Crippen molar-refractivity contribution in [1.29, 1.82) is 0 Å². The van der Waals surface area contributed by atoms with Crippen molar-refractivity contribution in [3.05, 3.63) is 60.2 Å². The predicted octanol–water partition coefficient (Wildman–Crippen LogP) is 4.50. The molecule has 5 atom stereocenters. The van der Waals surface area contributed by atoms with E-state index in [1.165, 1.54) is 0 Å². The fraction of sp³-hybridized carbons (Fsp3) is 0.571. The molecule has 1 spiro atoms. The molecule has 3 N–H and O–H groups in total. The summed E-state index contributed by atoms with van der Waals surface area (Å²) in [7, 11) is 0. The summed E-state index contributed by atoms with van der Waals surface area (Å²) in [6.07, 6.45) is 4.88. The number of likely N-dealkylation sites (tertiary alicyclic amines) is 1. The lowest BCUT2D eigenvalue weighted by Gasteiger charge is -2.34. The van der Waals surface area contributed by atoms with Crippen molar-refractivity contribution in [1.82, 2.24) is 10.2 Å². The lowest BCUT2D eigenvalue weighted by molar-refractivity contribution is -0.146. The Balaban J connectivity index is 1.42. The average Bonchev–Trinajstić information content (AvgIpc) is 3.65. The number of fused-ring (bicyclic) bond motifs is 1. The molecule has 9 heteroatoms. The zero-order valence-corrected chi connectivity index (χ0v) is 26.4. The normalized spacial score (nSPS) is 27.0. The molecule has 3 amide bonds. The van der Waals surface area contributed by atoms with Crippen LogP contribution in [-0.4, -0.2) is 71.2 Å². The number of ether oxygens (including phenoxy) is 1. The van der Waals surface area contributed by atoms with Crippen LogP contribution in [0.2, 0.25) is 0 Å². The third-order valence-electron chi connectivity index (χ3n) is 10.1. The van der Waals surface area contributed by atoms with Crippen LogP contribution in [-0.2, 0) is 25.7 Å². The summed E-state index contributed by atoms with van der Waals surface area (Å²) in [6.45, 7) is 8.92. The number of hydrogen-bond donors (Lipinski definition) is 3. The lowest BCUT2D eigenvalue weighted by Crippen LogP contribution is -2.53. The van der Waals surface area contributed by atoms with Gasteiger partial charge in [0, 0.05) is 44.2 Å². The van der Waals surface area contributed by atoms with Gasteiger partial charge in [-0.2, -0.15) is 0 Å². The minimum Gasteiger partial charge on any atom is -0.396 e. The number of carbonyl (C=O) groups is 3. The van der Waals surface area contributed by atoms with E-state index in [2.05, 4.69) is 29.4 Å². The van der Waals surface area contributed by atoms with Crippen LogP contribution in [0.3, 0.4) is 0 Å². The van der Waals surface area contributed by atoms with E-state index < -0.39 is 29.1 Å². The first-order chi connectivity index (χ1) is 21.3. The van der Waals surface area contributed by atoms with E-state index in [9.17, 15) is 19.5 Å². The number of aliphatic hydroxyl groups is 1. The third-order valence-corrected chi connectivity index (χ3v) is 10.1. The van der Waals surface area contributed by atoms with Gasteiger partial charge in [-0.25, -0.2) is 0 Å². The Hall–Kier alpha value is -3.43. The first-order valence-electron chi connectivity index (χ1n) is 16.4. The molecule has 2 aromatic rings. The van der Waals surface area contributed by atoms with Crippen LogP contribution in [0.5, 0.6) is 0 Å². The molecule has 3 aliphatic heterocycles. The molecule has 3 saturated heterocycles. The summed E-state index contributed by atoms with van der Waals surface area (Å²) in [5.41, 5.74) is 0.892. The van der Waals surface area contributed by atoms with Gasteiger partial charge < -0.3 is 30.3 Å². The molecule has 0 aliphatic carbocycles. The van der Waals surface area contributed by atoms with Crippen molar-refractivity contribution in [3.8, 4) is 0 Å². The molecule has 3 heterocycles. The summed E-state index contributed by atoms with van der Waals surface area (Å²) >= 11 is 0. The highest BCUT2D eigenvalue weighted by Crippen LogP contribution is 2.64. The minimum atomic E-state index is -1.06. The Kier molecular flexibility index (Phi) is 9.95. The number of carbonyl (C=O) groups excluding carboxylic acids is 3. The van der Waals surface area contributed by atoms with E-state index in [0.29, 0.717) is 50.9 Å². The molecule has 3 aliphatic rings. The summed E-state index contributed by atoms with van der Waals surface area (Å²) in [6, 6.07) is 16.7. The number of anilines is 2. The fourth-order valence-electron chi connectivity index (χ4n) is 7.85. The highest BCUT2D eigenvalue weighted by atomic mass is 16.5. The monoisotopic (exact) mass is 604 g/mol. The summed E-state index contributed by atoms with van der Waals surface area (Å²) in [5.74, 6) is -2.01. The maximum Gasteiger partial charge on any atom is 0.250 e. The van der Waals surface area contributed by atoms with E-state index in [1.807, 2.05) is 61.5 Å². The van der Waals surface area contributed by atoms with Gasteiger partial charge in [0.05, 0.1) is 17.4 Å². The quantitative estimate of drug-likeness (QED) is 0.258. The number of nitrogens with zero attached hydrogens (tertiary/aromatic N) is 2.